The number of halogens is 3. The van der Waals surface area contributed by atoms with Crippen molar-refractivity contribution >= 4 is 11.8 Å². The first-order valence-corrected chi connectivity index (χ1v) is 5.50. The van der Waals surface area contributed by atoms with E-state index in [2.05, 4.69) is 5.32 Å². The Balaban J connectivity index is 2.46. The predicted octanol–water partition coefficient (Wildman–Crippen LogP) is 0.923. The molecule has 1 heterocycles. The Morgan fingerprint density at radius 3 is 2.24 bits per heavy atom. The van der Waals surface area contributed by atoms with E-state index in [0.717, 1.165) is 4.90 Å². The molecule has 0 radical (unpaired) electrons. The average Bonchev–Trinajstić information content (AvgIpc) is 2.27. The van der Waals surface area contributed by atoms with Gasteiger partial charge in [0, 0.05) is 25.6 Å². The lowest BCUT2D eigenvalue weighted by Gasteiger charge is -2.31. The van der Waals surface area contributed by atoms with Gasteiger partial charge >= 0.3 is 12.1 Å². The minimum Gasteiger partial charge on any atom is -0.356 e. The minimum atomic E-state index is -4.82. The summed E-state index contributed by atoms with van der Waals surface area (Å²) in [5.74, 6) is -2.24. The van der Waals surface area contributed by atoms with Crippen molar-refractivity contribution in [2.45, 2.75) is 25.9 Å². The second-order valence-corrected chi connectivity index (χ2v) is 3.96. The molecule has 4 nitrogen and oxygen atoms in total. The van der Waals surface area contributed by atoms with Crippen molar-refractivity contribution in [1.29, 1.82) is 0 Å². The number of piperidine rings is 1. The number of amides is 2. The molecule has 0 saturated carbocycles. The van der Waals surface area contributed by atoms with Gasteiger partial charge in [-0.1, -0.05) is 0 Å². The average molecular weight is 252 g/mol. The van der Waals surface area contributed by atoms with Gasteiger partial charge in [-0.2, -0.15) is 13.2 Å². The molecular weight excluding hydrogens is 237 g/mol. The lowest BCUT2D eigenvalue weighted by atomic mass is 9.96. The summed E-state index contributed by atoms with van der Waals surface area (Å²) in [7, 11) is 0. The molecule has 1 fully saturated rings. The third-order valence-corrected chi connectivity index (χ3v) is 2.75. The normalized spacial score (nSPS) is 18.0. The van der Waals surface area contributed by atoms with E-state index in [1.807, 2.05) is 0 Å². The Bertz CT molecular complexity index is 296. The third-order valence-electron chi connectivity index (χ3n) is 2.75. The molecule has 0 aromatic heterocycles. The van der Waals surface area contributed by atoms with Crippen LogP contribution in [0, 0.1) is 5.92 Å². The van der Waals surface area contributed by atoms with Gasteiger partial charge in [0.2, 0.25) is 5.91 Å². The van der Waals surface area contributed by atoms with Gasteiger partial charge in [-0.15, -0.1) is 0 Å². The largest absolute Gasteiger partial charge is 0.471 e. The number of hydrogen-bond donors (Lipinski definition) is 1. The first-order valence-electron chi connectivity index (χ1n) is 5.50. The third kappa shape index (κ3) is 3.61. The Kier molecular flexibility index (Phi) is 4.36. The molecule has 2 amide bonds. The molecule has 1 aliphatic rings. The molecule has 0 atom stereocenters. The van der Waals surface area contributed by atoms with Gasteiger partial charge in [0.25, 0.3) is 0 Å². The molecule has 1 saturated heterocycles. The fraction of sp³-hybridized carbons (Fsp3) is 0.800. The predicted molar refractivity (Wildman–Crippen MR) is 54.0 cm³/mol. The maximum atomic E-state index is 12.1. The van der Waals surface area contributed by atoms with Crippen LogP contribution in [-0.2, 0) is 9.59 Å². The van der Waals surface area contributed by atoms with Crippen LogP contribution in [0.25, 0.3) is 0 Å². The number of carbonyl (C=O) groups excluding carboxylic acids is 2. The lowest BCUT2D eigenvalue weighted by Crippen LogP contribution is -2.47. The van der Waals surface area contributed by atoms with Gasteiger partial charge in [0.05, 0.1) is 0 Å². The molecule has 7 heteroatoms. The molecule has 1 N–H and O–H groups in total. The van der Waals surface area contributed by atoms with E-state index in [1.54, 1.807) is 6.92 Å². The van der Waals surface area contributed by atoms with Gasteiger partial charge in [0.15, 0.2) is 0 Å². The molecule has 1 rings (SSSR count). The monoisotopic (exact) mass is 252 g/mol. The highest BCUT2D eigenvalue weighted by Crippen LogP contribution is 2.23. The minimum absolute atomic E-state index is 0.0137. The van der Waals surface area contributed by atoms with Crippen LogP contribution >= 0.6 is 0 Å². The van der Waals surface area contributed by atoms with Gasteiger partial charge in [0.1, 0.15) is 0 Å². The number of nitrogens with zero attached hydrogens (tertiary/aromatic N) is 1. The smallest absolute Gasteiger partial charge is 0.356 e. The van der Waals surface area contributed by atoms with Crippen LogP contribution in [-0.4, -0.2) is 42.5 Å². The topological polar surface area (TPSA) is 49.4 Å². The molecule has 0 aliphatic carbocycles. The van der Waals surface area contributed by atoms with Crippen molar-refractivity contribution < 1.29 is 22.8 Å². The van der Waals surface area contributed by atoms with Crippen LogP contribution < -0.4 is 5.32 Å². The van der Waals surface area contributed by atoms with Crippen LogP contribution in [0.2, 0.25) is 0 Å². The lowest BCUT2D eigenvalue weighted by molar-refractivity contribution is -0.186. The zero-order valence-electron chi connectivity index (χ0n) is 9.51. The van der Waals surface area contributed by atoms with E-state index in [1.165, 1.54) is 0 Å². The highest BCUT2D eigenvalue weighted by molar-refractivity contribution is 5.83. The van der Waals surface area contributed by atoms with Crippen molar-refractivity contribution in [1.82, 2.24) is 10.2 Å². The standard InChI is InChI=1S/C10H15F3N2O2/c1-2-14-8(16)7-3-5-15(6-4-7)9(17)10(11,12)13/h7H,2-6H2,1H3,(H,14,16). The second kappa shape index (κ2) is 5.37. The van der Waals surface area contributed by atoms with Crippen LogP contribution in [0.4, 0.5) is 13.2 Å². The molecule has 0 bridgehead atoms. The SMILES string of the molecule is CCNC(=O)C1CCN(C(=O)C(F)(F)F)CC1. The van der Waals surface area contributed by atoms with Crippen molar-refractivity contribution in [3.8, 4) is 0 Å². The van der Waals surface area contributed by atoms with E-state index in [4.69, 9.17) is 0 Å². The molecule has 0 aromatic rings. The summed E-state index contributed by atoms with van der Waals surface area (Å²) in [6.45, 7) is 2.25. The number of alkyl halides is 3. The molecular formula is C10H15F3N2O2. The highest BCUT2D eigenvalue weighted by Gasteiger charge is 2.43. The van der Waals surface area contributed by atoms with Gasteiger partial charge < -0.3 is 10.2 Å². The van der Waals surface area contributed by atoms with Gasteiger partial charge in [-0.25, -0.2) is 0 Å². The molecule has 98 valence electrons. The Morgan fingerprint density at radius 1 is 1.29 bits per heavy atom. The molecule has 0 unspecified atom stereocenters. The summed E-state index contributed by atoms with van der Waals surface area (Å²) >= 11 is 0. The quantitative estimate of drug-likeness (QED) is 0.794. The summed E-state index contributed by atoms with van der Waals surface area (Å²) in [5.41, 5.74) is 0. The summed E-state index contributed by atoms with van der Waals surface area (Å²) in [4.78, 5) is 23.1. The van der Waals surface area contributed by atoms with E-state index in [-0.39, 0.29) is 37.8 Å². The summed E-state index contributed by atoms with van der Waals surface area (Å²) in [5, 5.41) is 2.62. The fourth-order valence-electron chi connectivity index (χ4n) is 1.84. The molecule has 1 aliphatic heterocycles. The Hall–Kier alpha value is -1.27. The Labute approximate surface area is 97.1 Å². The molecule has 0 aromatic carbocycles. The van der Waals surface area contributed by atoms with Crippen molar-refractivity contribution in [3.05, 3.63) is 0 Å². The molecule has 0 spiro atoms. The molecule has 17 heavy (non-hydrogen) atoms. The maximum absolute atomic E-state index is 12.1. The van der Waals surface area contributed by atoms with Gasteiger partial charge in [-0.3, -0.25) is 9.59 Å². The highest BCUT2D eigenvalue weighted by atomic mass is 19.4. The Morgan fingerprint density at radius 2 is 1.82 bits per heavy atom. The zero-order valence-corrected chi connectivity index (χ0v) is 9.51. The van der Waals surface area contributed by atoms with Crippen molar-refractivity contribution in [2.75, 3.05) is 19.6 Å². The van der Waals surface area contributed by atoms with E-state index in [9.17, 15) is 22.8 Å². The summed E-state index contributed by atoms with van der Waals surface area (Å²) in [6.07, 6.45) is -4.25. The maximum Gasteiger partial charge on any atom is 0.471 e. The summed E-state index contributed by atoms with van der Waals surface area (Å²) < 4.78 is 36.4. The number of rotatable bonds is 2. The second-order valence-electron chi connectivity index (χ2n) is 3.96. The van der Waals surface area contributed by atoms with Crippen molar-refractivity contribution in [3.63, 3.8) is 0 Å². The fourth-order valence-corrected chi connectivity index (χ4v) is 1.84. The van der Waals surface area contributed by atoms with E-state index >= 15 is 0 Å². The van der Waals surface area contributed by atoms with Gasteiger partial charge in [-0.05, 0) is 19.8 Å². The van der Waals surface area contributed by atoms with Crippen LogP contribution in [0.3, 0.4) is 0 Å². The summed E-state index contributed by atoms with van der Waals surface area (Å²) in [6, 6.07) is 0. The van der Waals surface area contributed by atoms with Crippen LogP contribution in [0.15, 0.2) is 0 Å². The van der Waals surface area contributed by atoms with E-state index < -0.39 is 12.1 Å². The number of carbonyl (C=O) groups is 2. The first-order chi connectivity index (χ1) is 7.86. The van der Waals surface area contributed by atoms with Crippen LogP contribution in [0.5, 0.6) is 0 Å². The van der Waals surface area contributed by atoms with E-state index in [0.29, 0.717) is 6.54 Å². The first kappa shape index (κ1) is 13.8. The van der Waals surface area contributed by atoms with Crippen molar-refractivity contribution in [2.24, 2.45) is 5.92 Å². The van der Waals surface area contributed by atoms with Crippen LogP contribution in [0.1, 0.15) is 19.8 Å². The number of likely N-dealkylation sites (tertiary alicyclic amines) is 1. The number of nitrogens with one attached hydrogen (secondary N) is 1. The zero-order chi connectivity index (χ0) is 13.1. The number of hydrogen-bond acceptors (Lipinski definition) is 2.